The normalized spacial score (nSPS) is 13.2. The van der Waals surface area contributed by atoms with Gasteiger partial charge in [0.15, 0.2) is 0 Å². The molecule has 0 rings (SSSR count). The summed E-state index contributed by atoms with van der Waals surface area (Å²) >= 11 is 0. The Morgan fingerprint density at radius 2 is 2.00 bits per heavy atom. The highest BCUT2D eigenvalue weighted by Crippen LogP contribution is 2.05. The van der Waals surface area contributed by atoms with Gasteiger partial charge >= 0.3 is 5.97 Å². The largest absolute Gasteiger partial charge is 0.467 e. The molecule has 0 aromatic carbocycles. The Morgan fingerprint density at radius 3 is 2.36 bits per heavy atom. The van der Waals surface area contributed by atoms with Crippen LogP contribution < -0.4 is 11.1 Å². The van der Waals surface area contributed by atoms with Gasteiger partial charge in [-0.05, 0) is 20.3 Å². The van der Waals surface area contributed by atoms with Crippen LogP contribution in [0.4, 0.5) is 0 Å². The van der Waals surface area contributed by atoms with E-state index in [-0.39, 0.29) is 5.91 Å². The number of carbonyl (C=O) groups excluding carboxylic acids is 2. The van der Waals surface area contributed by atoms with Gasteiger partial charge in [-0.15, -0.1) is 0 Å². The third-order valence-electron chi connectivity index (χ3n) is 1.91. The molecule has 0 fully saturated rings. The highest BCUT2D eigenvalue weighted by Gasteiger charge is 2.31. The molecule has 0 saturated heterocycles. The molecule has 0 bridgehead atoms. The Hall–Kier alpha value is -1.10. The molecule has 0 aromatic rings. The predicted molar refractivity (Wildman–Crippen MR) is 52.5 cm³/mol. The van der Waals surface area contributed by atoms with Gasteiger partial charge in [0.2, 0.25) is 5.91 Å². The molecule has 5 nitrogen and oxygen atoms in total. The highest BCUT2D eigenvalue weighted by molar-refractivity contribution is 5.89. The van der Waals surface area contributed by atoms with Crippen molar-refractivity contribution in [3.05, 3.63) is 0 Å². The Kier molecular flexibility index (Phi) is 4.56. The first-order chi connectivity index (χ1) is 6.35. The second-order valence-electron chi connectivity index (χ2n) is 3.62. The Morgan fingerprint density at radius 1 is 1.50 bits per heavy atom. The van der Waals surface area contributed by atoms with E-state index < -0.39 is 17.6 Å². The number of ether oxygens (including phenoxy) is 1. The number of nitrogens with two attached hydrogens (primary N) is 1. The molecule has 0 aliphatic rings. The second-order valence-corrected chi connectivity index (χ2v) is 3.62. The van der Waals surface area contributed by atoms with Crippen LogP contribution in [0, 0.1) is 0 Å². The lowest BCUT2D eigenvalue weighted by atomic mass is 10.1. The maximum atomic E-state index is 11.4. The summed E-state index contributed by atoms with van der Waals surface area (Å²) in [5.74, 6) is -0.836. The van der Waals surface area contributed by atoms with Crippen molar-refractivity contribution in [1.82, 2.24) is 5.32 Å². The number of methoxy groups -OCH3 is 1. The van der Waals surface area contributed by atoms with Gasteiger partial charge in [0, 0.05) is 0 Å². The molecule has 0 aliphatic carbocycles. The number of rotatable bonds is 4. The van der Waals surface area contributed by atoms with Crippen LogP contribution in [0.2, 0.25) is 0 Å². The van der Waals surface area contributed by atoms with Crippen molar-refractivity contribution in [2.75, 3.05) is 7.11 Å². The van der Waals surface area contributed by atoms with Crippen LogP contribution in [-0.4, -0.2) is 30.6 Å². The van der Waals surface area contributed by atoms with Crippen LogP contribution in [0.15, 0.2) is 0 Å². The quantitative estimate of drug-likeness (QED) is 0.618. The summed E-state index contributed by atoms with van der Waals surface area (Å²) in [5.41, 5.74) is 4.47. The molecule has 0 heterocycles. The summed E-state index contributed by atoms with van der Waals surface area (Å²) in [6.07, 6.45) is 0.531. The summed E-state index contributed by atoms with van der Waals surface area (Å²) in [5, 5.41) is 2.52. The topological polar surface area (TPSA) is 81.4 Å². The summed E-state index contributed by atoms with van der Waals surface area (Å²) in [7, 11) is 1.27. The van der Waals surface area contributed by atoms with Crippen molar-refractivity contribution in [2.45, 2.75) is 38.8 Å². The average Bonchev–Trinajstić information content (AvgIpc) is 2.14. The van der Waals surface area contributed by atoms with Gasteiger partial charge in [0.05, 0.1) is 13.2 Å². The van der Waals surface area contributed by atoms with Crippen LogP contribution in [0.25, 0.3) is 0 Å². The zero-order chi connectivity index (χ0) is 11.4. The molecule has 1 amide bonds. The SMILES string of the molecule is CCC(N)C(=O)NC(C)(C)C(=O)OC. The maximum Gasteiger partial charge on any atom is 0.330 e. The van der Waals surface area contributed by atoms with E-state index in [9.17, 15) is 9.59 Å². The molecular weight excluding hydrogens is 184 g/mol. The molecule has 14 heavy (non-hydrogen) atoms. The molecule has 82 valence electrons. The molecule has 3 N–H and O–H groups in total. The predicted octanol–water partition coefficient (Wildman–Crippen LogP) is -0.208. The van der Waals surface area contributed by atoms with Gasteiger partial charge in [-0.1, -0.05) is 6.92 Å². The summed E-state index contributed by atoms with van der Waals surface area (Å²) in [6.45, 7) is 4.94. The van der Waals surface area contributed by atoms with Crippen molar-refractivity contribution in [1.29, 1.82) is 0 Å². The van der Waals surface area contributed by atoms with Crippen LogP contribution >= 0.6 is 0 Å². The van der Waals surface area contributed by atoms with Crippen molar-refractivity contribution < 1.29 is 14.3 Å². The van der Waals surface area contributed by atoms with Gasteiger partial charge in [-0.2, -0.15) is 0 Å². The number of hydrogen-bond acceptors (Lipinski definition) is 4. The van der Waals surface area contributed by atoms with Crippen LogP contribution in [-0.2, 0) is 14.3 Å². The van der Waals surface area contributed by atoms with Crippen molar-refractivity contribution in [3.63, 3.8) is 0 Å². The minimum absolute atomic E-state index is 0.345. The Bertz CT molecular complexity index is 226. The third-order valence-corrected chi connectivity index (χ3v) is 1.91. The summed E-state index contributed by atoms with van der Waals surface area (Å²) in [4.78, 5) is 22.6. The lowest BCUT2D eigenvalue weighted by molar-refractivity contribution is -0.149. The first-order valence-corrected chi connectivity index (χ1v) is 4.51. The van der Waals surface area contributed by atoms with Gasteiger partial charge < -0.3 is 15.8 Å². The van der Waals surface area contributed by atoms with Crippen molar-refractivity contribution >= 4 is 11.9 Å². The van der Waals surface area contributed by atoms with E-state index in [0.29, 0.717) is 6.42 Å². The summed E-state index contributed by atoms with van der Waals surface area (Å²) < 4.78 is 4.53. The zero-order valence-corrected chi connectivity index (χ0v) is 9.09. The van der Waals surface area contributed by atoms with Gasteiger partial charge in [0.1, 0.15) is 5.54 Å². The smallest absolute Gasteiger partial charge is 0.330 e. The number of amides is 1. The van der Waals surface area contributed by atoms with E-state index in [0.717, 1.165) is 0 Å². The number of carbonyl (C=O) groups is 2. The van der Waals surface area contributed by atoms with Gasteiger partial charge in [-0.25, -0.2) is 4.79 Å². The fraction of sp³-hybridized carbons (Fsp3) is 0.778. The van der Waals surface area contributed by atoms with Gasteiger partial charge in [-0.3, -0.25) is 4.79 Å². The minimum atomic E-state index is -1.03. The molecule has 1 atom stereocenters. The van der Waals surface area contributed by atoms with E-state index in [1.54, 1.807) is 20.8 Å². The Balaban J connectivity index is 4.36. The first kappa shape index (κ1) is 12.9. The van der Waals surface area contributed by atoms with E-state index in [4.69, 9.17) is 5.73 Å². The lowest BCUT2D eigenvalue weighted by Gasteiger charge is -2.24. The number of hydrogen-bond donors (Lipinski definition) is 2. The zero-order valence-electron chi connectivity index (χ0n) is 9.09. The fourth-order valence-electron chi connectivity index (χ4n) is 0.892. The van der Waals surface area contributed by atoms with E-state index in [1.807, 2.05) is 0 Å². The molecule has 5 heteroatoms. The monoisotopic (exact) mass is 202 g/mol. The average molecular weight is 202 g/mol. The molecule has 0 aliphatic heterocycles. The van der Waals surface area contributed by atoms with E-state index in [2.05, 4.69) is 10.1 Å². The molecular formula is C9H18N2O3. The molecule has 0 spiro atoms. The third kappa shape index (κ3) is 3.33. The van der Waals surface area contributed by atoms with E-state index in [1.165, 1.54) is 7.11 Å². The Labute approximate surface area is 84.0 Å². The second kappa shape index (κ2) is 4.95. The van der Waals surface area contributed by atoms with Gasteiger partial charge in [0.25, 0.3) is 0 Å². The minimum Gasteiger partial charge on any atom is -0.467 e. The first-order valence-electron chi connectivity index (χ1n) is 4.51. The number of esters is 1. The fourth-order valence-corrected chi connectivity index (χ4v) is 0.892. The molecule has 1 unspecified atom stereocenters. The van der Waals surface area contributed by atoms with Crippen LogP contribution in [0.5, 0.6) is 0 Å². The van der Waals surface area contributed by atoms with Crippen LogP contribution in [0.3, 0.4) is 0 Å². The molecule has 0 radical (unpaired) electrons. The number of nitrogens with one attached hydrogen (secondary N) is 1. The highest BCUT2D eigenvalue weighted by atomic mass is 16.5. The maximum absolute atomic E-state index is 11.4. The molecule has 0 aromatic heterocycles. The van der Waals surface area contributed by atoms with E-state index >= 15 is 0 Å². The van der Waals surface area contributed by atoms with Crippen molar-refractivity contribution in [2.24, 2.45) is 5.73 Å². The summed E-state index contributed by atoms with van der Waals surface area (Å²) in [6, 6.07) is -0.584. The lowest BCUT2D eigenvalue weighted by Crippen LogP contribution is -2.54. The van der Waals surface area contributed by atoms with Crippen molar-refractivity contribution in [3.8, 4) is 0 Å². The molecule has 0 saturated carbocycles. The standard InChI is InChI=1S/C9H18N2O3/c1-5-6(10)7(12)11-9(2,3)8(13)14-4/h6H,5,10H2,1-4H3,(H,11,12). The van der Waals surface area contributed by atoms with Crippen LogP contribution in [0.1, 0.15) is 27.2 Å².